The van der Waals surface area contributed by atoms with Crippen LogP contribution in [0.25, 0.3) is 0 Å². The molecule has 2 fully saturated rings. The summed E-state index contributed by atoms with van der Waals surface area (Å²) in [6, 6.07) is 9.54. The Morgan fingerprint density at radius 3 is 1.97 bits per heavy atom. The van der Waals surface area contributed by atoms with Gasteiger partial charge < -0.3 is 0 Å². The van der Waals surface area contributed by atoms with Crippen LogP contribution in [0.4, 0.5) is 5.69 Å². The third-order valence-corrected chi connectivity index (χ3v) is 8.58. The van der Waals surface area contributed by atoms with E-state index in [0.717, 1.165) is 9.21 Å². The number of halogens is 1. The molecule has 12 heteroatoms. The van der Waals surface area contributed by atoms with Crippen molar-refractivity contribution in [1.82, 2.24) is 4.31 Å². The minimum absolute atomic E-state index is 0.0406. The Bertz CT molecular complexity index is 1260. The maximum Gasteiger partial charge on any atom is 0.252 e. The molecule has 0 bridgehead atoms. The summed E-state index contributed by atoms with van der Waals surface area (Å²) in [6.07, 6.45) is 0.926. The molecule has 1 atom stereocenters. The number of benzene rings is 2. The fourth-order valence-electron chi connectivity index (χ4n) is 3.55. The fraction of sp³-hybridized carbons (Fsp3) is 0.263. The monoisotopic (exact) mass is 527 g/mol. The largest absolute Gasteiger partial charge is 0.274 e. The van der Waals surface area contributed by atoms with Gasteiger partial charge in [0.25, 0.3) is 5.91 Å². The lowest BCUT2D eigenvalue weighted by Gasteiger charge is -2.26. The zero-order valence-corrected chi connectivity index (χ0v) is 19.2. The number of primary sulfonamides is 1. The van der Waals surface area contributed by atoms with E-state index >= 15 is 0 Å². The van der Waals surface area contributed by atoms with E-state index in [4.69, 9.17) is 5.14 Å². The van der Waals surface area contributed by atoms with Crippen molar-refractivity contribution in [3.05, 3.63) is 53.0 Å². The van der Waals surface area contributed by atoms with Gasteiger partial charge in [0, 0.05) is 10.5 Å². The number of carbonyl (C=O) groups is 2. The highest BCUT2D eigenvalue weighted by Gasteiger charge is 2.51. The molecule has 1 unspecified atom stereocenters. The molecule has 1 saturated carbocycles. The van der Waals surface area contributed by atoms with E-state index in [2.05, 4.69) is 15.9 Å². The Morgan fingerprint density at radius 1 is 0.903 bits per heavy atom. The molecule has 2 aromatic carbocycles. The molecule has 2 aliphatic rings. The highest BCUT2D eigenvalue weighted by molar-refractivity contribution is 9.10. The van der Waals surface area contributed by atoms with E-state index in [0.29, 0.717) is 17.3 Å². The summed E-state index contributed by atoms with van der Waals surface area (Å²) in [5.74, 6) is -1.23. The Kier molecular flexibility index (Phi) is 5.54. The van der Waals surface area contributed by atoms with Crippen LogP contribution in [0.5, 0.6) is 0 Å². The van der Waals surface area contributed by atoms with E-state index in [1.54, 1.807) is 12.1 Å². The van der Waals surface area contributed by atoms with E-state index < -0.39 is 37.9 Å². The highest BCUT2D eigenvalue weighted by Crippen LogP contribution is 2.38. The van der Waals surface area contributed by atoms with Gasteiger partial charge in [0.2, 0.25) is 26.0 Å². The predicted molar refractivity (Wildman–Crippen MR) is 115 cm³/mol. The molecule has 9 nitrogen and oxygen atoms in total. The van der Waals surface area contributed by atoms with Gasteiger partial charge in [-0.2, -0.15) is 4.31 Å². The number of sulfonamides is 2. The smallest absolute Gasteiger partial charge is 0.252 e. The first kappa shape index (κ1) is 22.1. The number of amides is 2. The van der Waals surface area contributed by atoms with Crippen LogP contribution in [0.1, 0.15) is 19.3 Å². The number of hydrogen-bond acceptors (Lipinski definition) is 6. The van der Waals surface area contributed by atoms with Gasteiger partial charge in [-0.25, -0.2) is 26.9 Å². The number of imide groups is 1. The second-order valence-corrected chi connectivity index (χ2v) is 11.7. The van der Waals surface area contributed by atoms with Gasteiger partial charge in [0.1, 0.15) is 6.04 Å². The normalized spacial score (nSPS) is 20.0. The van der Waals surface area contributed by atoms with Gasteiger partial charge in [-0.3, -0.25) is 9.59 Å². The molecule has 0 radical (unpaired) electrons. The molecule has 1 aliphatic heterocycles. The molecule has 2 aromatic rings. The first-order valence-corrected chi connectivity index (χ1v) is 13.1. The number of nitrogens with two attached hydrogens (primary N) is 1. The van der Waals surface area contributed by atoms with Crippen molar-refractivity contribution in [3.63, 3.8) is 0 Å². The SMILES string of the molecule is NS(=O)(=O)c1ccc(N2C(=O)CC(N(C3CC3)S(=O)(=O)c3ccc(Br)cc3)C2=O)cc1. The maximum absolute atomic E-state index is 13.3. The van der Waals surface area contributed by atoms with Crippen molar-refractivity contribution >= 4 is 53.5 Å². The van der Waals surface area contributed by atoms with Crippen LogP contribution in [-0.4, -0.2) is 45.0 Å². The average molecular weight is 528 g/mol. The second kappa shape index (κ2) is 7.78. The van der Waals surface area contributed by atoms with E-state index in [1.165, 1.54) is 36.4 Å². The standard InChI is InChI=1S/C19H18BrN3O6S2/c20-12-1-7-16(8-2-12)31(28,29)23(14-3-4-14)17-11-18(24)22(19(17)25)13-5-9-15(10-6-13)30(21,26)27/h1-2,5-10,14,17H,3-4,11H2,(H2,21,26,27). The maximum atomic E-state index is 13.3. The van der Waals surface area contributed by atoms with Crippen molar-refractivity contribution in [1.29, 1.82) is 0 Å². The zero-order chi connectivity index (χ0) is 22.6. The summed E-state index contributed by atoms with van der Waals surface area (Å²) in [5, 5.41) is 5.08. The molecule has 164 valence electrons. The van der Waals surface area contributed by atoms with E-state index in [1.807, 2.05) is 0 Å². The molecule has 2 amide bonds. The predicted octanol–water partition coefficient (Wildman–Crippen LogP) is 1.58. The van der Waals surface area contributed by atoms with Crippen LogP contribution in [0, 0.1) is 0 Å². The van der Waals surface area contributed by atoms with Crippen molar-refractivity contribution < 1.29 is 26.4 Å². The Labute approximate surface area is 188 Å². The molecule has 31 heavy (non-hydrogen) atoms. The number of rotatable bonds is 6. The third-order valence-electron chi connectivity index (χ3n) is 5.15. The molecule has 1 saturated heterocycles. The Morgan fingerprint density at radius 2 is 1.45 bits per heavy atom. The summed E-state index contributed by atoms with van der Waals surface area (Å²) in [5.41, 5.74) is 0.154. The molecular weight excluding hydrogens is 510 g/mol. The Balaban J connectivity index is 1.67. The van der Waals surface area contributed by atoms with Crippen LogP contribution < -0.4 is 10.0 Å². The number of anilines is 1. The van der Waals surface area contributed by atoms with Gasteiger partial charge >= 0.3 is 0 Å². The lowest BCUT2D eigenvalue weighted by Crippen LogP contribution is -2.46. The fourth-order valence-corrected chi connectivity index (χ4v) is 6.15. The van der Waals surface area contributed by atoms with Crippen LogP contribution in [0.15, 0.2) is 62.8 Å². The van der Waals surface area contributed by atoms with Crippen molar-refractivity contribution in [2.75, 3.05) is 4.90 Å². The Hall–Kier alpha value is -2.12. The van der Waals surface area contributed by atoms with Crippen molar-refractivity contribution in [2.45, 2.75) is 41.1 Å². The molecule has 1 heterocycles. The molecule has 0 spiro atoms. The third kappa shape index (κ3) is 4.17. The minimum atomic E-state index is -4.01. The molecular formula is C19H18BrN3O6S2. The van der Waals surface area contributed by atoms with Gasteiger partial charge in [-0.15, -0.1) is 0 Å². The first-order valence-electron chi connectivity index (χ1n) is 9.29. The van der Waals surface area contributed by atoms with Crippen LogP contribution in [0.2, 0.25) is 0 Å². The van der Waals surface area contributed by atoms with Gasteiger partial charge in [-0.05, 0) is 61.4 Å². The number of carbonyl (C=O) groups excluding carboxylic acids is 2. The quantitative estimate of drug-likeness (QED) is 0.566. The molecule has 0 aromatic heterocycles. The van der Waals surface area contributed by atoms with Gasteiger partial charge in [0.15, 0.2) is 0 Å². The van der Waals surface area contributed by atoms with E-state index in [-0.39, 0.29) is 27.9 Å². The highest BCUT2D eigenvalue weighted by atomic mass is 79.9. The van der Waals surface area contributed by atoms with Gasteiger partial charge in [0.05, 0.1) is 21.9 Å². The molecule has 4 rings (SSSR count). The van der Waals surface area contributed by atoms with Crippen LogP contribution in [0.3, 0.4) is 0 Å². The van der Waals surface area contributed by atoms with Crippen molar-refractivity contribution in [3.8, 4) is 0 Å². The summed E-state index contributed by atoms with van der Waals surface area (Å²) >= 11 is 3.27. The number of hydrogen-bond donors (Lipinski definition) is 1. The van der Waals surface area contributed by atoms with E-state index in [9.17, 15) is 26.4 Å². The average Bonchev–Trinajstić information content (AvgIpc) is 3.47. The summed E-state index contributed by atoms with van der Waals surface area (Å²) in [6.45, 7) is 0. The summed E-state index contributed by atoms with van der Waals surface area (Å²) in [7, 11) is -7.94. The topological polar surface area (TPSA) is 135 Å². The second-order valence-electron chi connectivity index (χ2n) is 7.35. The minimum Gasteiger partial charge on any atom is -0.274 e. The molecule has 1 aliphatic carbocycles. The number of nitrogens with zero attached hydrogens (tertiary/aromatic N) is 2. The summed E-state index contributed by atoms with van der Waals surface area (Å²) in [4.78, 5) is 26.6. The lowest BCUT2D eigenvalue weighted by atomic mass is 10.2. The first-order chi connectivity index (χ1) is 14.5. The zero-order valence-electron chi connectivity index (χ0n) is 16.0. The summed E-state index contributed by atoms with van der Waals surface area (Å²) < 4.78 is 51.4. The van der Waals surface area contributed by atoms with Crippen LogP contribution >= 0.6 is 15.9 Å². The van der Waals surface area contributed by atoms with Gasteiger partial charge in [-0.1, -0.05) is 15.9 Å². The molecule has 2 N–H and O–H groups in total. The van der Waals surface area contributed by atoms with Crippen LogP contribution in [-0.2, 0) is 29.6 Å². The lowest BCUT2D eigenvalue weighted by molar-refractivity contribution is -0.122. The van der Waals surface area contributed by atoms with Crippen molar-refractivity contribution in [2.24, 2.45) is 5.14 Å².